The highest BCUT2D eigenvalue weighted by Gasteiger charge is 2.30. The zero-order chi connectivity index (χ0) is 8.16. The molecule has 0 unspecified atom stereocenters. The van der Waals surface area contributed by atoms with Gasteiger partial charge in [-0.05, 0) is 30.8 Å². The minimum atomic E-state index is -0.181. The summed E-state index contributed by atoms with van der Waals surface area (Å²) in [4.78, 5) is 10.8. The summed E-state index contributed by atoms with van der Waals surface area (Å²) in [6.45, 7) is 0.142. The van der Waals surface area contributed by atoms with Crippen LogP contribution in [0.25, 0.3) is 0 Å². The monoisotopic (exact) mass is 174 g/mol. The fourth-order valence-electron chi connectivity index (χ4n) is 1.43. The van der Waals surface area contributed by atoms with Gasteiger partial charge < -0.3 is 9.90 Å². The van der Waals surface area contributed by atoms with Crippen molar-refractivity contribution in [2.45, 2.75) is 19.3 Å². The molecule has 0 aromatic heterocycles. The van der Waals surface area contributed by atoms with Crippen molar-refractivity contribution in [2.24, 2.45) is 5.41 Å². The van der Waals surface area contributed by atoms with Crippen molar-refractivity contribution in [3.63, 3.8) is 0 Å². The lowest BCUT2D eigenvalue weighted by Gasteiger charge is -2.30. The van der Waals surface area contributed by atoms with E-state index in [0.717, 1.165) is 30.6 Å². The average molecular weight is 174 g/mol. The smallest absolute Gasteiger partial charge is 0.126 e. The Morgan fingerprint density at radius 3 is 2.55 bits per heavy atom. The van der Waals surface area contributed by atoms with Crippen LogP contribution in [0.4, 0.5) is 0 Å². The molecule has 64 valence electrons. The Morgan fingerprint density at radius 1 is 1.45 bits per heavy atom. The number of aliphatic hydroxyl groups excluding tert-OH is 1. The van der Waals surface area contributed by atoms with E-state index >= 15 is 0 Å². The van der Waals surface area contributed by atoms with Crippen LogP contribution in [0.3, 0.4) is 0 Å². The molecule has 0 aromatic rings. The van der Waals surface area contributed by atoms with Crippen LogP contribution < -0.4 is 0 Å². The highest BCUT2D eigenvalue weighted by molar-refractivity contribution is 7.99. The number of carbonyl (C=O) groups is 1. The molecule has 1 N–H and O–H groups in total. The van der Waals surface area contributed by atoms with E-state index in [1.165, 1.54) is 0 Å². The maximum absolute atomic E-state index is 10.8. The van der Waals surface area contributed by atoms with E-state index in [4.69, 9.17) is 5.11 Å². The van der Waals surface area contributed by atoms with Crippen LogP contribution in [0.5, 0.6) is 0 Å². The summed E-state index contributed by atoms with van der Waals surface area (Å²) in [6.07, 6.45) is 3.59. The highest BCUT2D eigenvalue weighted by atomic mass is 32.2. The second-order valence-corrected chi connectivity index (χ2v) is 4.29. The fourth-order valence-corrected chi connectivity index (χ4v) is 2.73. The van der Waals surface area contributed by atoms with Gasteiger partial charge in [0.2, 0.25) is 0 Å². The summed E-state index contributed by atoms with van der Waals surface area (Å²) >= 11 is 1.90. The quantitative estimate of drug-likeness (QED) is 0.651. The third-order valence-electron chi connectivity index (χ3n) is 2.35. The number of aldehydes is 1. The van der Waals surface area contributed by atoms with Crippen LogP contribution in [-0.4, -0.2) is 29.5 Å². The van der Waals surface area contributed by atoms with E-state index in [-0.39, 0.29) is 12.0 Å². The first-order chi connectivity index (χ1) is 5.33. The predicted molar refractivity (Wildman–Crippen MR) is 46.8 cm³/mol. The van der Waals surface area contributed by atoms with Crippen LogP contribution in [0.1, 0.15) is 19.3 Å². The zero-order valence-corrected chi connectivity index (χ0v) is 7.40. The summed E-state index contributed by atoms with van der Waals surface area (Å²) in [5.74, 6) is 2.14. The lowest BCUT2D eigenvalue weighted by Crippen LogP contribution is -2.28. The Labute approximate surface area is 71.4 Å². The molecule has 0 bridgehead atoms. The van der Waals surface area contributed by atoms with E-state index in [1.807, 2.05) is 11.8 Å². The molecule has 2 nitrogen and oxygen atoms in total. The Balaban J connectivity index is 2.49. The molecule has 11 heavy (non-hydrogen) atoms. The fraction of sp³-hybridized carbons (Fsp3) is 0.875. The van der Waals surface area contributed by atoms with Gasteiger partial charge in [-0.15, -0.1) is 0 Å². The Morgan fingerprint density at radius 2 is 2.09 bits per heavy atom. The largest absolute Gasteiger partial charge is 0.396 e. The molecular formula is C8H14O2S. The Hall–Kier alpha value is -0.0200. The molecule has 1 heterocycles. The van der Waals surface area contributed by atoms with Crippen LogP contribution >= 0.6 is 11.8 Å². The standard InChI is InChI=1S/C8H14O2S/c9-4-1-8(7-10)2-5-11-6-3-8/h7,9H,1-6H2. The van der Waals surface area contributed by atoms with E-state index in [1.54, 1.807) is 0 Å². The summed E-state index contributed by atoms with van der Waals surface area (Å²) in [6, 6.07) is 0. The zero-order valence-electron chi connectivity index (χ0n) is 6.58. The van der Waals surface area contributed by atoms with E-state index in [9.17, 15) is 4.79 Å². The Kier molecular flexibility index (Phi) is 3.40. The molecule has 0 aromatic carbocycles. The average Bonchev–Trinajstić information content (AvgIpc) is 2.07. The van der Waals surface area contributed by atoms with Crippen molar-refractivity contribution in [3.05, 3.63) is 0 Å². The summed E-state index contributed by atoms with van der Waals surface area (Å²) in [5, 5.41) is 8.75. The summed E-state index contributed by atoms with van der Waals surface area (Å²) in [7, 11) is 0. The number of hydrogen-bond donors (Lipinski definition) is 1. The minimum absolute atomic E-state index is 0.142. The van der Waals surface area contributed by atoms with Crippen molar-refractivity contribution >= 4 is 18.0 Å². The lowest BCUT2D eigenvalue weighted by molar-refractivity contribution is -0.117. The summed E-state index contributed by atoms with van der Waals surface area (Å²) in [5.41, 5.74) is -0.181. The van der Waals surface area contributed by atoms with Gasteiger partial charge in [-0.3, -0.25) is 0 Å². The van der Waals surface area contributed by atoms with E-state index in [2.05, 4.69) is 0 Å². The van der Waals surface area contributed by atoms with Gasteiger partial charge in [-0.2, -0.15) is 11.8 Å². The third kappa shape index (κ3) is 2.20. The first kappa shape index (κ1) is 9.07. The van der Waals surface area contributed by atoms with Gasteiger partial charge in [-0.1, -0.05) is 0 Å². The van der Waals surface area contributed by atoms with Crippen LogP contribution in [0.2, 0.25) is 0 Å². The number of hydrogen-bond acceptors (Lipinski definition) is 3. The van der Waals surface area contributed by atoms with E-state index in [0.29, 0.717) is 6.42 Å². The van der Waals surface area contributed by atoms with Gasteiger partial charge in [0.25, 0.3) is 0 Å². The maximum Gasteiger partial charge on any atom is 0.126 e. The van der Waals surface area contributed by atoms with Gasteiger partial charge in [-0.25, -0.2) is 0 Å². The first-order valence-electron chi connectivity index (χ1n) is 3.98. The van der Waals surface area contributed by atoms with Crippen molar-refractivity contribution < 1.29 is 9.90 Å². The van der Waals surface area contributed by atoms with Crippen LogP contribution in [0, 0.1) is 5.41 Å². The molecule has 0 radical (unpaired) electrons. The molecule has 0 spiro atoms. The predicted octanol–water partition coefficient (Wildman–Crippen LogP) is 1.08. The van der Waals surface area contributed by atoms with Crippen molar-refractivity contribution in [2.75, 3.05) is 18.1 Å². The number of aliphatic hydroxyl groups is 1. The maximum atomic E-state index is 10.8. The molecule has 0 saturated carbocycles. The molecule has 0 aliphatic carbocycles. The Bertz CT molecular complexity index is 125. The lowest BCUT2D eigenvalue weighted by atomic mass is 9.81. The van der Waals surface area contributed by atoms with Gasteiger partial charge in [0.15, 0.2) is 0 Å². The molecular weight excluding hydrogens is 160 g/mol. The molecule has 0 atom stereocenters. The normalized spacial score (nSPS) is 23.0. The second-order valence-electron chi connectivity index (χ2n) is 3.07. The molecule has 1 fully saturated rings. The third-order valence-corrected chi connectivity index (χ3v) is 3.33. The molecule has 1 rings (SSSR count). The molecule has 1 aliphatic heterocycles. The van der Waals surface area contributed by atoms with Gasteiger partial charge >= 0.3 is 0 Å². The topological polar surface area (TPSA) is 37.3 Å². The van der Waals surface area contributed by atoms with Crippen molar-refractivity contribution in [1.82, 2.24) is 0 Å². The van der Waals surface area contributed by atoms with Crippen LogP contribution in [-0.2, 0) is 4.79 Å². The molecule has 0 amide bonds. The highest BCUT2D eigenvalue weighted by Crippen LogP contribution is 2.35. The molecule has 1 aliphatic rings. The SMILES string of the molecule is O=CC1(CCO)CCSCC1. The van der Waals surface area contributed by atoms with Gasteiger partial charge in [0.05, 0.1) is 0 Å². The number of carbonyl (C=O) groups excluding carboxylic acids is 1. The molecule has 1 saturated heterocycles. The summed E-state index contributed by atoms with van der Waals surface area (Å²) < 4.78 is 0. The van der Waals surface area contributed by atoms with Crippen LogP contribution in [0.15, 0.2) is 0 Å². The van der Waals surface area contributed by atoms with Crippen molar-refractivity contribution in [1.29, 1.82) is 0 Å². The second kappa shape index (κ2) is 4.12. The minimum Gasteiger partial charge on any atom is -0.396 e. The first-order valence-corrected chi connectivity index (χ1v) is 5.13. The van der Waals surface area contributed by atoms with Gasteiger partial charge in [0.1, 0.15) is 6.29 Å². The van der Waals surface area contributed by atoms with Crippen molar-refractivity contribution in [3.8, 4) is 0 Å². The van der Waals surface area contributed by atoms with E-state index < -0.39 is 0 Å². The van der Waals surface area contributed by atoms with Gasteiger partial charge in [0, 0.05) is 12.0 Å². The molecule has 3 heteroatoms. The number of rotatable bonds is 3. The number of thioether (sulfide) groups is 1.